The number of likely N-dealkylation sites (tertiary alicyclic amines) is 1. The van der Waals surface area contributed by atoms with Gasteiger partial charge in [0.15, 0.2) is 0 Å². The average Bonchev–Trinajstić information content (AvgIpc) is 2.48. The van der Waals surface area contributed by atoms with Gasteiger partial charge in [-0.2, -0.15) is 8.42 Å². The molecule has 0 aliphatic carbocycles. The van der Waals surface area contributed by atoms with Crippen molar-refractivity contribution >= 4 is 16.1 Å². The third-order valence-corrected chi connectivity index (χ3v) is 4.59. The molecule has 1 aliphatic heterocycles. The van der Waals surface area contributed by atoms with Crippen LogP contribution in [0.2, 0.25) is 0 Å². The summed E-state index contributed by atoms with van der Waals surface area (Å²) in [4.78, 5) is 14.5. The van der Waals surface area contributed by atoms with Gasteiger partial charge in [-0.25, -0.2) is 9.44 Å². The quantitative estimate of drug-likeness (QED) is 0.872. The fourth-order valence-corrected chi connectivity index (χ4v) is 3.16. The second kappa shape index (κ2) is 7.02. The molecule has 1 fully saturated rings. The molecule has 1 aliphatic rings. The Balaban J connectivity index is 2.06. The van der Waals surface area contributed by atoms with E-state index in [0.29, 0.717) is 12.1 Å². The molecule has 0 bridgehead atoms. The minimum absolute atomic E-state index is 0.0898. The molecule has 0 saturated carbocycles. The number of nitrogens with zero attached hydrogens (tertiary/aromatic N) is 2. The highest BCUT2D eigenvalue weighted by Gasteiger charge is 2.25. The van der Waals surface area contributed by atoms with E-state index in [4.69, 9.17) is 5.14 Å². The van der Waals surface area contributed by atoms with Gasteiger partial charge in [-0.05, 0) is 38.1 Å². The predicted octanol–water partition coefficient (Wildman–Crippen LogP) is 0.818. The van der Waals surface area contributed by atoms with Crippen molar-refractivity contribution in [2.45, 2.75) is 19.3 Å². The van der Waals surface area contributed by atoms with Crippen LogP contribution < -0.4 is 5.14 Å². The van der Waals surface area contributed by atoms with E-state index in [9.17, 15) is 13.2 Å². The Kier molecular flexibility index (Phi) is 5.33. The maximum atomic E-state index is 12.3. The van der Waals surface area contributed by atoms with Gasteiger partial charge in [-0.15, -0.1) is 0 Å². The van der Waals surface area contributed by atoms with Gasteiger partial charge in [0.2, 0.25) is 0 Å². The Bertz CT molecular complexity index is 568. The second-order valence-corrected chi connectivity index (χ2v) is 6.66. The van der Waals surface area contributed by atoms with Crippen molar-refractivity contribution in [3.05, 3.63) is 35.9 Å². The first kappa shape index (κ1) is 15.9. The van der Waals surface area contributed by atoms with Crippen molar-refractivity contribution in [1.82, 2.24) is 9.21 Å². The van der Waals surface area contributed by atoms with Gasteiger partial charge in [-0.1, -0.05) is 24.6 Å². The summed E-state index contributed by atoms with van der Waals surface area (Å²) in [6, 6.07) is 8.33. The monoisotopic (exact) mass is 311 g/mol. The third-order valence-electron chi connectivity index (χ3n) is 3.62. The van der Waals surface area contributed by atoms with Gasteiger partial charge >= 0.3 is 10.2 Å². The highest BCUT2D eigenvalue weighted by molar-refractivity contribution is 7.87. The first-order valence-electron chi connectivity index (χ1n) is 7.10. The normalized spacial score (nSPS) is 16.6. The van der Waals surface area contributed by atoms with Gasteiger partial charge in [0.05, 0.1) is 6.54 Å². The molecule has 1 heterocycles. The maximum absolute atomic E-state index is 12.3. The number of rotatable bonds is 5. The summed E-state index contributed by atoms with van der Waals surface area (Å²) < 4.78 is 24.1. The first-order chi connectivity index (χ1) is 9.98. The fourth-order valence-electron chi connectivity index (χ4n) is 2.48. The van der Waals surface area contributed by atoms with Crippen LogP contribution in [0.15, 0.2) is 30.3 Å². The second-order valence-electron chi connectivity index (χ2n) is 5.19. The van der Waals surface area contributed by atoms with Gasteiger partial charge in [0, 0.05) is 12.1 Å². The van der Waals surface area contributed by atoms with Crippen LogP contribution in [0.1, 0.15) is 29.6 Å². The molecule has 21 heavy (non-hydrogen) atoms. The van der Waals surface area contributed by atoms with Gasteiger partial charge in [0.25, 0.3) is 5.91 Å². The van der Waals surface area contributed by atoms with E-state index < -0.39 is 16.1 Å². The number of piperidine rings is 1. The molecule has 0 atom stereocenters. The van der Waals surface area contributed by atoms with E-state index in [1.54, 1.807) is 30.3 Å². The molecule has 0 unspecified atom stereocenters. The average molecular weight is 311 g/mol. The molecule has 2 N–H and O–H groups in total. The highest BCUT2D eigenvalue weighted by atomic mass is 32.2. The molecule has 1 aromatic rings. The standard InChI is InChI=1S/C14H21N3O3S/c15-21(19,20)17(12-11-16-9-5-2-6-10-16)14(18)13-7-3-1-4-8-13/h1,3-4,7-8H,2,5-6,9-12H2,(H2,15,19,20). The molecule has 1 saturated heterocycles. The Labute approximate surface area is 125 Å². The number of carbonyl (C=O) groups is 1. The molecule has 1 amide bonds. The van der Waals surface area contributed by atoms with Crippen LogP contribution in [0.3, 0.4) is 0 Å². The van der Waals surface area contributed by atoms with Gasteiger partial charge < -0.3 is 4.90 Å². The van der Waals surface area contributed by atoms with Crippen LogP contribution in [0.4, 0.5) is 0 Å². The van der Waals surface area contributed by atoms with E-state index in [1.165, 1.54) is 6.42 Å². The zero-order valence-electron chi connectivity index (χ0n) is 11.9. The zero-order valence-corrected chi connectivity index (χ0v) is 12.8. The van der Waals surface area contributed by atoms with Gasteiger partial charge in [-0.3, -0.25) is 4.79 Å². The van der Waals surface area contributed by atoms with E-state index >= 15 is 0 Å². The van der Waals surface area contributed by atoms with E-state index in [1.807, 2.05) is 0 Å². The maximum Gasteiger partial charge on any atom is 0.301 e. The Morgan fingerprint density at radius 1 is 1.14 bits per heavy atom. The predicted molar refractivity (Wildman–Crippen MR) is 80.9 cm³/mol. The molecule has 0 aromatic heterocycles. The molecule has 1 aromatic carbocycles. The van der Waals surface area contributed by atoms with E-state index in [2.05, 4.69) is 4.90 Å². The summed E-state index contributed by atoms with van der Waals surface area (Å²) in [5.74, 6) is -0.574. The Morgan fingerprint density at radius 3 is 2.33 bits per heavy atom. The molecule has 2 rings (SSSR count). The number of hydrogen-bond acceptors (Lipinski definition) is 4. The summed E-state index contributed by atoms with van der Waals surface area (Å²) in [7, 11) is -4.06. The van der Waals surface area contributed by atoms with Crippen LogP contribution in [-0.4, -0.2) is 49.7 Å². The van der Waals surface area contributed by atoms with Crippen molar-refractivity contribution in [2.75, 3.05) is 26.2 Å². The number of amides is 1. The summed E-state index contributed by atoms with van der Waals surface area (Å²) in [6.45, 7) is 2.50. The minimum Gasteiger partial charge on any atom is -0.302 e. The third kappa shape index (κ3) is 4.52. The smallest absolute Gasteiger partial charge is 0.301 e. The van der Waals surface area contributed by atoms with E-state index in [-0.39, 0.29) is 6.54 Å². The van der Waals surface area contributed by atoms with Crippen molar-refractivity contribution < 1.29 is 13.2 Å². The molecule has 0 radical (unpaired) electrons. The number of nitrogens with two attached hydrogens (primary N) is 1. The summed E-state index contributed by atoms with van der Waals surface area (Å²) in [5, 5.41) is 5.19. The number of carbonyl (C=O) groups excluding carboxylic acids is 1. The Morgan fingerprint density at radius 2 is 1.76 bits per heavy atom. The summed E-state index contributed by atoms with van der Waals surface area (Å²) in [5.41, 5.74) is 0.324. The molecular formula is C14H21N3O3S. The zero-order chi connectivity index (χ0) is 15.3. The van der Waals surface area contributed by atoms with Gasteiger partial charge in [0.1, 0.15) is 0 Å². The topological polar surface area (TPSA) is 83.7 Å². The lowest BCUT2D eigenvalue weighted by atomic mass is 10.1. The highest BCUT2D eigenvalue weighted by Crippen LogP contribution is 2.11. The molecule has 7 heteroatoms. The van der Waals surface area contributed by atoms with Crippen molar-refractivity contribution in [1.29, 1.82) is 0 Å². The molecule has 116 valence electrons. The van der Waals surface area contributed by atoms with Crippen molar-refractivity contribution in [2.24, 2.45) is 5.14 Å². The number of hydrogen-bond donors (Lipinski definition) is 1. The molecule has 6 nitrogen and oxygen atoms in total. The SMILES string of the molecule is NS(=O)(=O)N(CCN1CCCCC1)C(=O)c1ccccc1. The summed E-state index contributed by atoms with van der Waals surface area (Å²) >= 11 is 0. The Hall–Kier alpha value is -1.44. The van der Waals surface area contributed by atoms with Crippen LogP contribution in [0, 0.1) is 0 Å². The summed E-state index contributed by atoms with van der Waals surface area (Å²) in [6.07, 6.45) is 3.43. The van der Waals surface area contributed by atoms with Crippen molar-refractivity contribution in [3.8, 4) is 0 Å². The van der Waals surface area contributed by atoms with Crippen LogP contribution >= 0.6 is 0 Å². The van der Waals surface area contributed by atoms with Crippen LogP contribution in [0.25, 0.3) is 0 Å². The first-order valence-corrected chi connectivity index (χ1v) is 8.61. The lowest BCUT2D eigenvalue weighted by Crippen LogP contribution is -2.46. The molecule has 0 spiro atoms. The lowest BCUT2D eigenvalue weighted by molar-refractivity contribution is 0.0846. The minimum atomic E-state index is -4.06. The molecular weight excluding hydrogens is 290 g/mol. The van der Waals surface area contributed by atoms with Crippen LogP contribution in [-0.2, 0) is 10.2 Å². The number of benzene rings is 1. The van der Waals surface area contributed by atoms with E-state index in [0.717, 1.165) is 30.2 Å². The lowest BCUT2D eigenvalue weighted by Gasteiger charge is -2.29. The largest absolute Gasteiger partial charge is 0.302 e. The van der Waals surface area contributed by atoms with Crippen molar-refractivity contribution in [3.63, 3.8) is 0 Å². The van der Waals surface area contributed by atoms with Crippen LogP contribution in [0.5, 0.6) is 0 Å². The fraction of sp³-hybridized carbons (Fsp3) is 0.500.